The highest BCUT2D eigenvalue weighted by Gasteiger charge is 2.05. The van der Waals surface area contributed by atoms with Crippen molar-refractivity contribution in [3.63, 3.8) is 0 Å². The summed E-state index contributed by atoms with van der Waals surface area (Å²) in [6.07, 6.45) is 0. The summed E-state index contributed by atoms with van der Waals surface area (Å²) in [5, 5.41) is 1.23. The molecule has 1 aromatic carbocycles. The van der Waals surface area contributed by atoms with Crippen LogP contribution < -0.4 is 0 Å². The second kappa shape index (κ2) is 2.96. The molecule has 0 amide bonds. The molecule has 0 saturated heterocycles. The first-order valence-corrected chi connectivity index (χ1v) is 4.98. The summed E-state index contributed by atoms with van der Waals surface area (Å²) < 4.78 is 5.63. The molecule has 0 aliphatic heterocycles. The van der Waals surface area contributed by atoms with Gasteiger partial charge in [0, 0.05) is 5.39 Å². The van der Waals surface area contributed by atoms with Gasteiger partial charge in [0.15, 0.2) is 0 Å². The van der Waals surface area contributed by atoms with Crippen molar-refractivity contribution in [3.05, 3.63) is 36.0 Å². The van der Waals surface area contributed by atoms with Gasteiger partial charge in [-0.2, -0.15) is 4.37 Å². The summed E-state index contributed by atoms with van der Waals surface area (Å²) in [6.45, 7) is 8.01. The molecule has 0 spiro atoms. The average molecular weight is 189 g/mol. The van der Waals surface area contributed by atoms with Gasteiger partial charge in [-0.25, -0.2) is 0 Å². The number of aryl methyl sites for hydroxylation is 1. The Kier molecular flexibility index (Phi) is 1.93. The summed E-state index contributed by atoms with van der Waals surface area (Å²) >= 11 is 1.55. The molecule has 66 valence electrons. The maximum atomic E-state index is 4.38. The van der Waals surface area contributed by atoms with E-state index in [1.54, 1.807) is 11.5 Å². The van der Waals surface area contributed by atoms with Gasteiger partial charge in [0.1, 0.15) is 0 Å². The Morgan fingerprint density at radius 3 is 2.92 bits per heavy atom. The minimum Gasteiger partial charge on any atom is -0.192 e. The minimum absolute atomic E-state index is 1.04. The van der Waals surface area contributed by atoms with Gasteiger partial charge in [0.25, 0.3) is 0 Å². The zero-order chi connectivity index (χ0) is 9.42. The molecule has 0 saturated carbocycles. The van der Waals surface area contributed by atoms with Gasteiger partial charge in [-0.3, -0.25) is 0 Å². The number of aromatic nitrogens is 1. The van der Waals surface area contributed by atoms with E-state index in [2.05, 4.69) is 36.1 Å². The van der Waals surface area contributed by atoms with Crippen LogP contribution in [0.15, 0.2) is 24.8 Å². The van der Waals surface area contributed by atoms with E-state index in [4.69, 9.17) is 0 Å². The van der Waals surface area contributed by atoms with Crippen molar-refractivity contribution in [3.8, 4) is 0 Å². The first-order chi connectivity index (χ1) is 6.18. The van der Waals surface area contributed by atoms with Crippen LogP contribution in [0.1, 0.15) is 18.2 Å². The van der Waals surface area contributed by atoms with Crippen molar-refractivity contribution in [1.82, 2.24) is 4.37 Å². The Bertz CT molecular complexity index is 468. The van der Waals surface area contributed by atoms with Crippen LogP contribution in [0.3, 0.4) is 0 Å². The molecule has 0 N–H and O–H groups in total. The molecule has 0 fully saturated rings. The van der Waals surface area contributed by atoms with Crippen molar-refractivity contribution in [2.45, 2.75) is 13.8 Å². The van der Waals surface area contributed by atoms with Crippen molar-refractivity contribution in [2.75, 3.05) is 0 Å². The number of hydrogen-bond donors (Lipinski definition) is 0. The van der Waals surface area contributed by atoms with Gasteiger partial charge in [-0.1, -0.05) is 18.7 Å². The van der Waals surface area contributed by atoms with Crippen LogP contribution in [0.2, 0.25) is 0 Å². The summed E-state index contributed by atoms with van der Waals surface area (Å²) in [5.41, 5.74) is 3.36. The van der Waals surface area contributed by atoms with Crippen LogP contribution in [0.5, 0.6) is 0 Å². The molecule has 1 aromatic heterocycles. The Morgan fingerprint density at radius 2 is 2.23 bits per heavy atom. The molecule has 1 nitrogen and oxygen atoms in total. The lowest BCUT2D eigenvalue weighted by Crippen LogP contribution is -1.77. The van der Waals surface area contributed by atoms with Gasteiger partial charge in [0.2, 0.25) is 0 Å². The summed E-state index contributed by atoms with van der Waals surface area (Å²) in [6, 6.07) is 6.40. The lowest BCUT2D eigenvalue weighted by atomic mass is 10.1. The van der Waals surface area contributed by atoms with Crippen LogP contribution in [-0.2, 0) is 0 Å². The fourth-order valence-corrected chi connectivity index (χ4v) is 2.30. The van der Waals surface area contributed by atoms with E-state index in [9.17, 15) is 0 Å². The first-order valence-electron chi connectivity index (χ1n) is 4.20. The molecular weight excluding hydrogens is 178 g/mol. The van der Waals surface area contributed by atoms with Crippen LogP contribution in [0.4, 0.5) is 0 Å². The second-order valence-corrected chi connectivity index (χ2v) is 4.12. The number of hydrogen-bond acceptors (Lipinski definition) is 2. The topological polar surface area (TPSA) is 12.9 Å². The molecule has 0 bridgehead atoms. The summed E-state index contributed by atoms with van der Waals surface area (Å²) in [5.74, 6) is 0. The quantitative estimate of drug-likeness (QED) is 0.667. The van der Waals surface area contributed by atoms with E-state index in [-0.39, 0.29) is 0 Å². The number of nitrogens with zero attached hydrogens (tertiary/aromatic N) is 1. The summed E-state index contributed by atoms with van der Waals surface area (Å²) in [7, 11) is 0. The number of rotatable bonds is 1. The predicted molar refractivity (Wildman–Crippen MR) is 59.1 cm³/mol. The van der Waals surface area contributed by atoms with Crippen LogP contribution in [0.25, 0.3) is 15.7 Å². The van der Waals surface area contributed by atoms with Gasteiger partial charge in [-0.05, 0) is 42.6 Å². The van der Waals surface area contributed by atoms with Gasteiger partial charge < -0.3 is 0 Å². The molecule has 1 heterocycles. The molecule has 2 heteroatoms. The SMILES string of the molecule is C=C(C)c1nsc2cc(C)ccc12. The maximum absolute atomic E-state index is 4.38. The normalized spacial score (nSPS) is 10.6. The maximum Gasteiger partial charge on any atom is 0.0870 e. The van der Waals surface area contributed by atoms with E-state index in [1.165, 1.54) is 15.6 Å². The molecule has 0 radical (unpaired) electrons. The molecule has 13 heavy (non-hydrogen) atoms. The number of allylic oxidation sites excluding steroid dienone is 1. The van der Waals surface area contributed by atoms with Crippen molar-refractivity contribution >= 4 is 27.2 Å². The molecule has 0 atom stereocenters. The predicted octanol–water partition coefficient (Wildman–Crippen LogP) is 3.64. The Balaban J connectivity index is 2.76. The first kappa shape index (κ1) is 8.45. The van der Waals surface area contributed by atoms with Gasteiger partial charge >= 0.3 is 0 Å². The molecule has 0 unspecified atom stereocenters. The number of benzene rings is 1. The van der Waals surface area contributed by atoms with E-state index in [1.807, 2.05) is 6.92 Å². The fourth-order valence-electron chi connectivity index (χ4n) is 1.35. The molecule has 0 aliphatic carbocycles. The standard InChI is InChI=1S/C11H11NS/c1-7(2)11-9-5-4-8(3)6-10(9)13-12-11/h4-6H,1H2,2-3H3. The Labute approximate surface area is 81.9 Å². The zero-order valence-corrected chi connectivity index (χ0v) is 8.61. The van der Waals surface area contributed by atoms with E-state index in [0.717, 1.165) is 11.3 Å². The molecule has 2 aromatic rings. The van der Waals surface area contributed by atoms with Gasteiger partial charge in [0.05, 0.1) is 10.4 Å². The molecular formula is C11H11NS. The van der Waals surface area contributed by atoms with Crippen LogP contribution in [-0.4, -0.2) is 4.37 Å². The highest BCUT2D eigenvalue weighted by molar-refractivity contribution is 7.13. The lowest BCUT2D eigenvalue weighted by molar-refractivity contribution is 1.47. The van der Waals surface area contributed by atoms with Crippen LogP contribution in [0, 0.1) is 6.92 Å². The van der Waals surface area contributed by atoms with E-state index in [0.29, 0.717) is 0 Å². The van der Waals surface area contributed by atoms with E-state index >= 15 is 0 Å². The number of fused-ring (bicyclic) bond motifs is 1. The lowest BCUT2D eigenvalue weighted by Gasteiger charge is -1.95. The van der Waals surface area contributed by atoms with Crippen molar-refractivity contribution in [1.29, 1.82) is 0 Å². The highest BCUT2D eigenvalue weighted by Crippen LogP contribution is 2.27. The monoisotopic (exact) mass is 189 g/mol. The average Bonchev–Trinajstić information content (AvgIpc) is 2.46. The second-order valence-electron chi connectivity index (χ2n) is 3.31. The van der Waals surface area contributed by atoms with Crippen molar-refractivity contribution in [2.24, 2.45) is 0 Å². The third-order valence-electron chi connectivity index (χ3n) is 2.03. The van der Waals surface area contributed by atoms with Crippen molar-refractivity contribution < 1.29 is 0 Å². The highest BCUT2D eigenvalue weighted by atomic mass is 32.1. The fraction of sp³-hybridized carbons (Fsp3) is 0.182. The minimum atomic E-state index is 1.04. The Morgan fingerprint density at radius 1 is 1.46 bits per heavy atom. The van der Waals surface area contributed by atoms with Crippen LogP contribution >= 0.6 is 11.5 Å². The largest absolute Gasteiger partial charge is 0.192 e. The molecule has 0 aliphatic rings. The third-order valence-corrected chi connectivity index (χ3v) is 2.84. The van der Waals surface area contributed by atoms with E-state index < -0.39 is 0 Å². The Hall–Kier alpha value is -1.15. The molecule has 2 rings (SSSR count). The smallest absolute Gasteiger partial charge is 0.0870 e. The summed E-state index contributed by atoms with van der Waals surface area (Å²) in [4.78, 5) is 0. The zero-order valence-electron chi connectivity index (χ0n) is 7.79. The van der Waals surface area contributed by atoms with Gasteiger partial charge in [-0.15, -0.1) is 0 Å². The third kappa shape index (κ3) is 1.38.